The third kappa shape index (κ3) is 4.18. The molecular formula is C23H19ClN4O2. The van der Waals surface area contributed by atoms with Crippen molar-refractivity contribution >= 4 is 34.7 Å². The first kappa shape index (κ1) is 19.7. The van der Waals surface area contributed by atoms with E-state index in [1.54, 1.807) is 26.5 Å². The number of benzene rings is 3. The van der Waals surface area contributed by atoms with Crippen LogP contribution in [-0.2, 0) is 0 Å². The van der Waals surface area contributed by atoms with Gasteiger partial charge < -0.3 is 9.47 Å². The van der Waals surface area contributed by atoms with Gasteiger partial charge in [-0.2, -0.15) is 5.10 Å². The highest BCUT2D eigenvalue weighted by Gasteiger charge is 2.10. The van der Waals surface area contributed by atoms with Gasteiger partial charge >= 0.3 is 0 Å². The summed E-state index contributed by atoms with van der Waals surface area (Å²) in [6.07, 6.45) is 1.64. The summed E-state index contributed by atoms with van der Waals surface area (Å²) in [6, 6.07) is 20.9. The third-order valence-electron chi connectivity index (χ3n) is 4.51. The maximum absolute atomic E-state index is 6.21. The Morgan fingerprint density at radius 3 is 2.53 bits per heavy atom. The summed E-state index contributed by atoms with van der Waals surface area (Å²) >= 11 is 6.21. The normalized spacial score (nSPS) is 11.0. The summed E-state index contributed by atoms with van der Waals surface area (Å²) in [5.74, 6) is 1.77. The first-order chi connectivity index (χ1) is 14.7. The lowest BCUT2D eigenvalue weighted by molar-refractivity contribution is 0.402. The van der Waals surface area contributed by atoms with E-state index in [4.69, 9.17) is 21.1 Å². The molecule has 30 heavy (non-hydrogen) atoms. The van der Waals surface area contributed by atoms with E-state index in [0.29, 0.717) is 22.5 Å². The Hall–Kier alpha value is -3.64. The lowest BCUT2D eigenvalue weighted by atomic mass is 10.1. The molecule has 0 saturated carbocycles. The largest absolute Gasteiger partial charge is 0.497 e. The summed E-state index contributed by atoms with van der Waals surface area (Å²) in [5, 5.41) is 5.80. The third-order valence-corrected chi connectivity index (χ3v) is 4.75. The molecule has 0 aliphatic rings. The van der Waals surface area contributed by atoms with E-state index in [0.717, 1.165) is 27.7 Å². The van der Waals surface area contributed by atoms with Crippen LogP contribution in [-0.4, -0.2) is 30.4 Å². The highest BCUT2D eigenvalue weighted by atomic mass is 35.5. The average molecular weight is 419 g/mol. The molecule has 150 valence electrons. The Labute approximate surface area is 179 Å². The fourth-order valence-corrected chi connectivity index (χ4v) is 3.24. The van der Waals surface area contributed by atoms with Gasteiger partial charge in [-0.3, -0.25) is 0 Å². The molecule has 0 fully saturated rings. The number of aromatic nitrogens is 2. The van der Waals surface area contributed by atoms with Crippen molar-refractivity contribution in [3.8, 4) is 22.8 Å². The van der Waals surface area contributed by atoms with Crippen LogP contribution in [0.1, 0.15) is 5.56 Å². The molecule has 0 bridgehead atoms. The molecule has 1 N–H and O–H groups in total. The molecule has 0 radical (unpaired) electrons. The lowest BCUT2D eigenvalue weighted by Crippen LogP contribution is -2.00. The minimum Gasteiger partial charge on any atom is -0.497 e. The van der Waals surface area contributed by atoms with Crippen LogP contribution in [0.25, 0.3) is 22.2 Å². The first-order valence-electron chi connectivity index (χ1n) is 9.22. The lowest BCUT2D eigenvalue weighted by Gasteiger charge is -2.09. The zero-order valence-electron chi connectivity index (χ0n) is 16.5. The van der Waals surface area contributed by atoms with Crippen LogP contribution in [0.4, 0.5) is 5.95 Å². The van der Waals surface area contributed by atoms with Gasteiger partial charge in [0.1, 0.15) is 11.5 Å². The molecular weight excluding hydrogens is 400 g/mol. The van der Waals surface area contributed by atoms with Crippen LogP contribution in [0.15, 0.2) is 71.8 Å². The first-order valence-corrected chi connectivity index (χ1v) is 9.59. The van der Waals surface area contributed by atoms with Gasteiger partial charge in [0.25, 0.3) is 0 Å². The van der Waals surface area contributed by atoms with E-state index in [-0.39, 0.29) is 0 Å². The fraction of sp³-hybridized carbons (Fsp3) is 0.0870. The van der Waals surface area contributed by atoms with Crippen molar-refractivity contribution in [2.24, 2.45) is 5.10 Å². The van der Waals surface area contributed by atoms with E-state index in [2.05, 4.69) is 20.5 Å². The van der Waals surface area contributed by atoms with Crippen molar-refractivity contribution in [1.29, 1.82) is 0 Å². The number of methoxy groups -OCH3 is 2. The molecule has 0 saturated heterocycles. The summed E-state index contributed by atoms with van der Waals surface area (Å²) in [4.78, 5) is 9.23. The molecule has 1 heterocycles. The van der Waals surface area contributed by atoms with E-state index < -0.39 is 0 Å². The molecule has 4 aromatic rings. The molecule has 4 rings (SSSR count). The maximum Gasteiger partial charge on any atom is 0.244 e. The number of nitrogens with one attached hydrogen (secondary N) is 1. The minimum absolute atomic E-state index is 0.377. The van der Waals surface area contributed by atoms with Gasteiger partial charge in [0.15, 0.2) is 0 Å². The van der Waals surface area contributed by atoms with E-state index in [1.165, 1.54) is 0 Å². The van der Waals surface area contributed by atoms with Crippen LogP contribution in [0.5, 0.6) is 11.5 Å². The van der Waals surface area contributed by atoms with Gasteiger partial charge in [0, 0.05) is 21.5 Å². The Kier molecular flexibility index (Phi) is 5.77. The van der Waals surface area contributed by atoms with Gasteiger partial charge in [-0.1, -0.05) is 41.9 Å². The molecule has 6 nitrogen and oxygen atoms in total. The van der Waals surface area contributed by atoms with Gasteiger partial charge in [-0.05, 0) is 36.4 Å². The van der Waals surface area contributed by atoms with Crippen molar-refractivity contribution in [2.45, 2.75) is 0 Å². The number of halogens is 1. The van der Waals surface area contributed by atoms with Crippen molar-refractivity contribution in [1.82, 2.24) is 9.97 Å². The molecule has 1 aromatic heterocycles. The highest BCUT2D eigenvalue weighted by molar-refractivity contribution is 6.31. The second-order valence-corrected chi connectivity index (χ2v) is 6.84. The van der Waals surface area contributed by atoms with Crippen LogP contribution >= 0.6 is 11.6 Å². The smallest absolute Gasteiger partial charge is 0.244 e. The fourth-order valence-electron chi connectivity index (χ4n) is 3.07. The predicted octanol–water partition coefficient (Wildman–Crippen LogP) is 5.41. The zero-order valence-corrected chi connectivity index (χ0v) is 17.2. The van der Waals surface area contributed by atoms with E-state index in [1.807, 2.05) is 60.7 Å². The number of ether oxygens (including phenoxy) is 2. The van der Waals surface area contributed by atoms with Gasteiger partial charge in [-0.15, -0.1) is 0 Å². The number of hydrogen-bond donors (Lipinski definition) is 1. The molecule has 7 heteroatoms. The zero-order chi connectivity index (χ0) is 20.9. The topological polar surface area (TPSA) is 68.6 Å². The second kappa shape index (κ2) is 8.80. The number of rotatable bonds is 6. The van der Waals surface area contributed by atoms with Crippen LogP contribution in [0.3, 0.4) is 0 Å². The summed E-state index contributed by atoms with van der Waals surface area (Å²) < 4.78 is 10.6. The Balaban J connectivity index is 1.70. The van der Waals surface area contributed by atoms with Crippen molar-refractivity contribution in [3.63, 3.8) is 0 Å². The second-order valence-electron chi connectivity index (χ2n) is 6.40. The number of fused-ring (bicyclic) bond motifs is 1. The Morgan fingerprint density at radius 2 is 1.77 bits per heavy atom. The molecule has 3 aromatic carbocycles. The van der Waals surface area contributed by atoms with Crippen molar-refractivity contribution in [2.75, 3.05) is 19.6 Å². The molecule has 0 aliphatic heterocycles. The van der Waals surface area contributed by atoms with Gasteiger partial charge in [-0.25, -0.2) is 15.4 Å². The average Bonchev–Trinajstić information content (AvgIpc) is 2.79. The van der Waals surface area contributed by atoms with Crippen LogP contribution in [0.2, 0.25) is 5.02 Å². The van der Waals surface area contributed by atoms with Crippen LogP contribution in [0, 0.1) is 0 Å². The summed E-state index contributed by atoms with van der Waals surface area (Å²) in [7, 11) is 3.22. The number of nitrogens with zero attached hydrogens (tertiary/aromatic N) is 3. The van der Waals surface area contributed by atoms with Crippen molar-refractivity contribution < 1.29 is 9.47 Å². The van der Waals surface area contributed by atoms with E-state index in [9.17, 15) is 0 Å². The molecule has 0 spiro atoms. The van der Waals surface area contributed by atoms with Gasteiger partial charge in [0.2, 0.25) is 5.95 Å². The predicted molar refractivity (Wildman–Crippen MR) is 121 cm³/mol. The highest BCUT2D eigenvalue weighted by Crippen LogP contribution is 2.29. The minimum atomic E-state index is 0.377. The standard InChI is InChI=1S/C23H19ClN4O2/c1-29-18-9-11-21(30-2)16(12-18)14-25-28-23-26-20-10-8-17(24)13-19(20)22(27-23)15-6-4-3-5-7-15/h3-14H,1-2H3,(H,26,27,28)/b25-14+. The van der Waals surface area contributed by atoms with Crippen molar-refractivity contribution in [3.05, 3.63) is 77.3 Å². The number of hydrazone groups is 1. The molecule has 0 atom stereocenters. The maximum atomic E-state index is 6.21. The van der Waals surface area contributed by atoms with Gasteiger partial charge in [0.05, 0.1) is 31.6 Å². The van der Waals surface area contributed by atoms with Crippen LogP contribution < -0.4 is 14.9 Å². The number of anilines is 1. The monoisotopic (exact) mass is 418 g/mol. The summed E-state index contributed by atoms with van der Waals surface area (Å²) in [6.45, 7) is 0. The molecule has 0 amide bonds. The Bertz CT molecular complexity index is 1210. The van der Waals surface area contributed by atoms with E-state index >= 15 is 0 Å². The quantitative estimate of drug-likeness (QED) is 0.335. The molecule has 0 aliphatic carbocycles. The Morgan fingerprint density at radius 1 is 0.933 bits per heavy atom. The molecule has 0 unspecified atom stereocenters. The number of hydrogen-bond acceptors (Lipinski definition) is 6. The summed E-state index contributed by atoms with van der Waals surface area (Å²) in [5.41, 5.74) is 6.19. The SMILES string of the molecule is COc1ccc(OC)c(/C=N/Nc2nc(-c3ccccc3)c3cc(Cl)ccc3n2)c1.